The molecule has 2 rings (SSSR count). The van der Waals surface area contributed by atoms with Crippen LogP contribution in [0.5, 0.6) is 0 Å². The molecular formula is C13H27N3. The summed E-state index contributed by atoms with van der Waals surface area (Å²) < 4.78 is 0. The maximum Gasteiger partial charge on any atom is 0.0113 e. The number of piperazine rings is 1. The predicted molar refractivity (Wildman–Crippen MR) is 68.5 cm³/mol. The molecule has 0 spiro atoms. The molecular weight excluding hydrogens is 198 g/mol. The first kappa shape index (κ1) is 12.3. The Morgan fingerprint density at radius 3 is 2.50 bits per heavy atom. The molecule has 94 valence electrons. The number of nitrogens with two attached hydrogens (primary N) is 1. The van der Waals surface area contributed by atoms with Gasteiger partial charge < -0.3 is 5.73 Å². The van der Waals surface area contributed by atoms with Gasteiger partial charge >= 0.3 is 0 Å². The Balaban J connectivity index is 1.75. The first-order valence-electron chi connectivity index (χ1n) is 6.96. The lowest BCUT2D eigenvalue weighted by Gasteiger charge is -2.42. The van der Waals surface area contributed by atoms with Gasteiger partial charge in [-0.15, -0.1) is 0 Å². The summed E-state index contributed by atoms with van der Waals surface area (Å²) in [6, 6.07) is 0.878. The topological polar surface area (TPSA) is 32.5 Å². The summed E-state index contributed by atoms with van der Waals surface area (Å²) in [4.78, 5) is 5.23. The molecule has 1 saturated heterocycles. The van der Waals surface area contributed by atoms with Crippen LogP contribution in [0.15, 0.2) is 0 Å². The minimum absolute atomic E-state index is 0.806. The highest BCUT2D eigenvalue weighted by atomic mass is 15.3. The lowest BCUT2D eigenvalue weighted by Crippen LogP contribution is -2.52. The van der Waals surface area contributed by atoms with Crippen molar-refractivity contribution in [3.05, 3.63) is 0 Å². The third kappa shape index (κ3) is 3.19. The molecule has 2 N–H and O–H groups in total. The van der Waals surface area contributed by atoms with Gasteiger partial charge in [0.05, 0.1) is 0 Å². The van der Waals surface area contributed by atoms with E-state index >= 15 is 0 Å². The summed E-state index contributed by atoms with van der Waals surface area (Å²) in [6.07, 6.45) is 5.75. The highest BCUT2D eigenvalue weighted by molar-refractivity contribution is 4.82. The van der Waals surface area contributed by atoms with Crippen LogP contribution >= 0.6 is 0 Å². The molecule has 1 saturated carbocycles. The summed E-state index contributed by atoms with van der Waals surface area (Å²) in [5.41, 5.74) is 5.60. The minimum Gasteiger partial charge on any atom is -0.329 e. The molecule has 0 radical (unpaired) electrons. The quantitative estimate of drug-likeness (QED) is 0.782. The molecule has 2 atom stereocenters. The van der Waals surface area contributed by atoms with Crippen molar-refractivity contribution in [3.8, 4) is 0 Å². The zero-order valence-corrected chi connectivity index (χ0v) is 10.7. The number of hydrogen-bond donors (Lipinski definition) is 1. The number of rotatable bonds is 3. The SMILES string of the molecule is CC1CCCC(N2CCN(CCN)CC2)C1. The molecule has 2 fully saturated rings. The summed E-state index contributed by atoms with van der Waals surface area (Å²) in [5, 5.41) is 0. The van der Waals surface area contributed by atoms with Crippen LogP contribution in [0.3, 0.4) is 0 Å². The van der Waals surface area contributed by atoms with E-state index in [9.17, 15) is 0 Å². The van der Waals surface area contributed by atoms with Gasteiger partial charge in [-0.05, 0) is 18.8 Å². The van der Waals surface area contributed by atoms with Crippen LogP contribution in [0.25, 0.3) is 0 Å². The normalized spacial score (nSPS) is 34.1. The zero-order valence-electron chi connectivity index (χ0n) is 10.7. The van der Waals surface area contributed by atoms with Gasteiger partial charge in [0, 0.05) is 45.3 Å². The second kappa shape index (κ2) is 5.99. The van der Waals surface area contributed by atoms with E-state index in [0.717, 1.165) is 25.0 Å². The van der Waals surface area contributed by atoms with Crippen molar-refractivity contribution in [1.29, 1.82) is 0 Å². The van der Waals surface area contributed by atoms with Crippen molar-refractivity contribution in [2.24, 2.45) is 11.7 Å². The molecule has 1 aliphatic carbocycles. The van der Waals surface area contributed by atoms with E-state index in [2.05, 4.69) is 16.7 Å². The summed E-state index contributed by atoms with van der Waals surface area (Å²) in [5.74, 6) is 0.945. The fourth-order valence-corrected chi connectivity index (χ4v) is 3.27. The largest absolute Gasteiger partial charge is 0.329 e. The van der Waals surface area contributed by atoms with E-state index in [1.807, 2.05) is 0 Å². The molecule has 0 aromatic rings. The van der Waals surface area contributed by atoms with Crippen LogP contribution in [0.1, 0.15) is 32.6 Å². The van der Waals surface area contributed by atoms with Gasteiger partial charge in [-0.25, -0.2) is 0 Å². The average molecular weight is 225 g/mol. The van der Waals surface area contributed by atoms with Crippen molar-refractivity contribution in [2.45, 2.75) is 38.6 Å². The second-order valence-electron chi connectivity index (χ2n) is 5.59. The molecule has 1 heterocycles. The number of nitrogens with zero attached hydrogens (tertiary/aromatic N) is 2. The molecule has 0 aromatic heterocycles. The van der Waals surface area contributed by atoms with Crippen LogP contribution in [0.4, 0.5) is 0 Å². The fraction of sp³-hybridized carbons (Fsp3) is 1.00. The second-order valence-corrected chi connectivity index (χ2v) is 5.59. The standard InChI is InChI=1S/C13H27N3/c1-12-3-2-4-13(11-12)16-9-7-15(6-5-14)8-10-16/h12-13H,2-11,14H2,1H3. The highest BCUT2D eigenvalue weighted by Gasteiger charge is 2.27. The van der Waals surface area contributed by atoms with Gasteiger partial charge in [-0.3, -0.25) is 9.80 Å². The maximum atomic E-state index is 5.60. The van der Waals surface area contributed by atoms with Gasteiger partial charge in [-0.1, -0.05) is 19.8 Å². The van der Waals surface area contributed by atoms with Crippen molar-refractivity contribution in [1.82, 2.24) is 9.80 Å². The Labute approximate surface area is 100.0 Å². The molecule has 1 aliphatic heterocycles. The summed E-state index contributed by atoms with van der Waals surface area (Å²) in [6.45, 7) is 9.27. The van der Waals surface area contributed by atoms with Crippen molar-refractivity contribution in [3.63, 3.8) is 0 Å². The molecule has 3 heteroatoms. The Hall–Kier alpha value is -0.120. The van der Waals surface area contributed by atoms with Crippen LogP contribution in [-0.2, 0) is 0 Å². The van der Waals surface area contributed by atoms with Crippen LogP contribution in [0, 0.1) is 5.92 Å². The Bertz CT molecular complexity index is 199. The van der Waals surface area contributed by atoms with E-state index in [1.54, 1.807) is 0 Å². The molecule has 3 nitrogen and oxygen atoms in total. The van der Waals surface area contributed by atoms with E-state index in [4.69, 9.17) is 5.73 Å². The van der Waals surface area contributed by atoms with Crippen LogP contribution < -0.4 is 5.73 Å². The first-order chi connectivity index (χ1) is 7.79. The highest BCUT2D eigenvalue weighted by Crippen LogP contribution is 2.27. The first-order valence-corrected chi connectivity index (χ1v) is 6.96. The van der Waals surface area contributed by atoms with Crippen molar-refractivity contribution < 1.29 is 0 Å². The summed E-state index contributed by atoms with van der Waals surface area (Å²) in [7, 11) is 0. The molecule has 2 unspecified atom stereocenters. The lowest BCUT2D eigenvalue weighted by atomic mass is 9.86. The third-order valence-corrected chi connectivity index (χ3v) is 4.28. The van der Waals surface area contributed by atoms with Crippen LogP contribution in [0.2, 0.25) is 0 Å². The Morgan fingerprint density at radius 1 is 1.12 bits per heavy atom. The maximum absolute atomic E-state index is 5.60. The van der Waals surface area contributed by atoms with E-state index in [1.165, 1.54) is 51.9 Å². The van der Waals surface area contributed by atoms with Gasteiger partial charge in [-0.2, -0.15) is 0 Å². The monoisotopic (exact) mass is 225 g/mol. The molecule has 2 aliphatic rings. The smallest absolute Gasteiger partial charge is 0.0113 e. The zero-order chi connectivity index (χ0) is 11.4. The van der Waals surface area contributed by atoms with E-state index < -0.39 is 0 Å². The van der Waals surface area contributed by atoms with Gasteiger partial charge in [0.25, 0.3) is 0 Å². The van der Waals surface area contributed by atoms with Crippen molar-refractivity contribution in [2.75, 3.05) is 39.3 Å². The minimum atomic E-state index is 0.806. The molecule has 0 amide bonds. The van der Waals surface area contributed by atoms with Crippen molar-refractivity contribution >= 4 is 0 Å². The molecule has 0 bridgehead atoms. The van der Waals surface area contributed by atoms with Crippen LogP contribution in [-0.4, -0.2) is 55.1 Å². The Kier molecular flexibility index (Phi) is 4.62. The average Bonchev–Trinajstić information content (AvgIpc) is 2.30. The third-order valence-electron chi connectivity index (χ3n) is 4.28. The van der Waals surface area contributed by atoms with E-state index in [-0.39, 0.29) is 0 Å². The fourth-order valence-electron chi connectivity index (χ4n) is 3.27. The van der Waals surface area contributed by atoms with Gasteiger partial charge in [0.2, 0.25) is 0 Å². The predicted octanol–water partition coefficient (Wildman–Crippen LogP) is 1.14. The van der Waals surface area contributed by atoms with Gasteiger partial charge in [0.1, 0.15) is 0 Å². The molecule has 0 aromatic carbocycles. The number of hydrogen-bond acceptors (Lipinski definition) is 3. The molecule has 16 heavy (non-hydrogen) atoms. The lowest BCUT2D eigenvalue weighted by molar-refractivity contribution is 0.0704. The summed E-state index contributed by atoms with van der Waals surface area (Å²) >= 11 is 0. The van der Waals surface area contributed by atoms with E-state index in [0.29, 0.717) is 0 Å². The van der Waals surface area contributed by atoms with Gasteiger partial charge in [0.15, 0.2) is 0 Å². The Morgan fingerprint density at radius 2 is 1.88 bits per heavy atom.